The van der Waals surface area contributed by atoms with Crippen molar-refractivity contribution in [3.8, 4) is 0 Å². The minimum absolute atomic E-state index is 0.150. The van der Waals surface area contributed by atoms with Gasteiger partial charge in [0.1, 0.15) is 5.69 Å². The predicted molar refractivity (Wildman–Crippen MR) is 98.1 cm³/mol. The normalized spacial score (nSPS) is 12.8. The molecule has 8 heteroatoms. The van der Waals surface area contributed by atoms with Crippen LogP contribution in [0.4, 0.5) is 4.79 Å². The van der Waals surface area contributed by atoms with Gasteiger partial charge in [0.25, 0.3) is 5.91 Å². The molecule has 0 aliphatic carbocycles. The van der Waals surface area contributed by atoms with Gasteiger partial charge in [-0.15, -0.1) is 0 Å². The molecule has 27 heavy (non-hydrogen) atoms. The molecule has 2 aromatic rings. The van der Waals surface area contributed by atoms with E-state index >= 15 is 0 Å². The quantitative estimate of drug-likeness (QED) is 0.598. The zero-order chi connectivity index (χ0) is 20.1. The molecule has 0 spiro atoms. The topological polar surface area (TPSA) is 121 Å². The highest BCUT2D eigenvalue weighted by Crippen LogP contribution is 2.27. The Morgan fingerprint density at radius 1 is 1.15 bits per heavy atom. The number of aliphatic hydroxyl groups excluding tert-OH is 1. The highest BCUT2D eigenvalue weighted by atomic mass is 16.5. The molecule has 0 aliphatic rings. The van der Waals surface area contributed by atoms with Crippen LogP contribution in [0.15, 0.2) is 30.3 Å². The van der Waals surface area contributed by atoms with E-state index < -0.39 is 30.1 Å². The highest BCUT2D eigenvalue weighted by molar-refractivity contribution is 5.99. The lowest BCUT2D eigenvalue weighted by atomic mass is 10.1. The molecule has 0 saturated carbocycles. The number of imide groups is 1. The number of urea groups is 1. The van der Waals surface area contributed by atoms with E-state index in [1.807, 2.05) is 0 Å². The van der Waals surface area contributed by atoms with Crippen molar-refractivity contribution in [3.63, 3.8) is 0 Å². The largest absolute Gasteiger partial charge is 0.443 e. The fourth-order valence-electron chi connectivity index (χ4n) is 2.90. The van der Waals surface area contributed by atoms with E-state index in [2.05, 4.69) is 15.6 Å². The Hall–Kier alpha value is -3.13. The van der Waals surface area contributed by atoms with Gasteiger partial charge < -0.3 is 20.1 Å². The maximum absolute atomic E-state index is 12.7. The fraction of sp³-hybridized carbons (Fsp3) is 0.316. The molecule has 144 valence electrons. The number of carbonyl (C=O) groups is 3. The Kier molecular flexibility index (Phi) is 6.36. The first-order valence-corrected chi connectivity index (χ1v) is 8.41. The number of carbonyl (C=O) groups excluding carboxylic acids is 3. The Bertz CT molecular complexity index is 843. The number of ether oxygens (including phenoxy) is 1. The molecule has 2 atom stereocenters. The maximum Gasteiger partial charge on any atom is 0.356 e. The van der Waals surface area contributed by atoms with Gasteiger partial charge in [-0.2, -0.15) is 0 Å². The van der Waals surface area contributed by atoms with Crippen molar-refractivity contribution in [2.24, 2.45) is 0 Å². The summed E-state index contributed by atoms with van der Waals surface area (Å²) in [5.41, 5.74) is 2.36. The second kappa shape index (κ2) is 8.50. The minimum atomic E-state index is -1.31. The number of aromatic nitrogens is 1. The lowest BCUT2D eigenvalue weighted by molar-refractivity contribution is -0.129. The number of hydrogen-bond donors (Lipinski definition) is 4. The van der Waals surface area contributed by atoms with Crippen LogP contribution in [-0.4, -0.2) is 35.0 Å². The van der Waals surface area contributed by atoms with Crippen molar-refractivity contribution in [2.45, 2.75) is 33.0 Å². The summed E-state index contributed by atoms with van der Waals surface area (Å²) in [4.78, 5) is 39.5. The average Bonchev–Trinajstić information content (AvgIpc) is 2.94. The van der Waals surface area contributed by atoms with Crippen molar-refractivity contribution < 1.29 is 24.2 Å². The lowest BCUT2D eigenvalue weighted by Crippen LogP contribution is -2.41. The molecule has 0 saturated heterocycles. The number of esters is 1. The Morgan fingerprint density at radius 2 is 1.78 bits per heavy atom. The monoisotopic (exact) mass is 373 g/mol. The van der Waals surface area contributed by atoms with E-state index in [0.29, 0.717) is 22.4 Å². The Labute approximate surface area is 156 Å². The number of aromatic amines is 1. The molecule has 8 nitrogen and oxygen atoms in total. The summed E-state index contributed by atoms with van der Waals surface area (Å²) in [7, 11) is 1.37. The van der Waals surface area contributed by atoms with Crippen LogP contribution in [0, 0.1) is 13.8 Å². The van der Waals surface area contributed by atoms with Crippen LogP contribution in [0.2, 0.25) is 0 Å². The molecule has 0 aliphatic heterocycles. The smallest absolute Gasteiger partial charge is 0.356 e. The molecule has 4 N–H and O–H groups in total. The summed E-state index contributed by atoms with van der Waals surface area (Å²) in [5.74, 6) is -1.53. The van der Waals surface area contributed by atoms with Gasteiger partial charge >= 0.3 is 12.0 Å². The molecular formula is C19H23N3O5. The highest BCUT2D eigenvalue weighted by Gasteiger charge is 2.29. The van der Waals surface area contributed by atoms with E-state index in [1.54, 1.807) is 51.1 Å². The van der Waals surface area contributed by atoms with Crippen molar-refractivity contribution >= 4 is 17.9 Å². The lowest BCUT2D eigenvalue weighted by Gasteiger charge is -2.17. The zero-order valence-corrected chi connectivity index (χ0v) is 15.6. The summed E-state index contributed by atoms with van der Waals surface area (Å²) < 4.78 is 5.41. The van der Waals surface area contributed by atoms with Gasteiger partial charge in [-0.3, -0.25) is 10.1 Å². The SMILES string of the molecule is CNC(=O)NC(=O)[C@H](OC(=O)c1[nH]c(C)c([C@H](C)O)c1C)c1ccccc1. The number of benzene rings is 1. The Balaban J connectivity index is 2.33. The molecule has 0 fully saturated rings. The molecular weight excluding hydrogens is 350 g/mol. The van der Waals surface area contributed by atoms with E-state index in [9.17, 15) is 19.5 Å². The predicted octanol–water partition coefficient (Wildman–Crippen LogP) is 2.04. The zero-order valence-electron chi connectivity index (χ0n) is 15.6. The third-order valence-electron chi connectivity index (χ3n) is 4.15. The number of aliphatic hydroxyl groups is 1. The van der Waals surface area contributed by atoms with Gasteiger partial charge in [0.15, 0.2) is 0 Å². The van der Waals surface area contributed by atoms with E-state index in [4.69, 9.17) is 4.74 Å². The number of nitrogens with one attached hydrogen (secondary N) is 3. The summed E-state index contributed by atoms with van der Waals surface area (Å²) >= 11 is 0. The van der Waals surface area contributed by atoms with E-state index in [1.165, 1.54) is 7.05 Å². The third kappa shape index (κ3) is 4.53. The molecule has 0 radical (unpaired) electrons. The van der Waals surface area contributed by atoms with Gasteiger partial charge in [0.05, 0.1) is 6.10 Å². The second-order valence-corrected chi connectivity index (χ2v) is 6.10. The maximum atomic E-state index is 12.7. The fourth-order valence-corrected chi connectivity index (χ4v) is 2.90. The summed E-state index contributed by atoms with van der Waals surface area (Å²) in [6, 6.07) is 7.68. The van der Waals surface area contributed by atoms with E-state index in [-0.39, 0.29) is 5.69 Å². The summed E-state index contributed by atoms with van der Waals surface area (Å²) in [5, 5.41) is 14.3. The van der Waals surface area contributed by atoms with Crippen molar-refractivity contribution in [2.75, 3.05) is 7.05 Å². The number of aryl methyl sites for hydroxylation is 1. The number of rotatable bonds is 5. The van der Waals surface area contributed by atoms with Crippen LogP contribution in [0.3, 0.4) is 0 Å². The van der Waals surface area contributed by atoms with Crippen LogP contribution < -0.4 is 10.6 Å². The van der Waals surface area contributed by atoms with Gasteiger partial charge in [0.2, 0.25) is 6.10 Å². The minimum Gasteiger partial charge on any atom is -0.443 e. The van der Waals surface area contributed by atoms with Crippen LogP contribution in [0.1, 0.15) is 52.0 Å². The molecule has 1 heterocycles. The van der Waals surface area contributed by atoms with Crippen LogP contribution in [0.5, 0.6) is 0 Å². The van der Waals surface area contributed by atoms with Gasteiger partial charge in [-0.1, -0.05) is 30.3 Å². The number of amides is 3. The van der Waals surface area contributed by atoms with E-state index in [0.717, 1.165) is 0 Å². The molecule has 3 amide bonds. The molecule has 1 aromatic heterocycles. The molecule has 1 aromatic carbocycles. The first-order chi connectivity index (χ1) is 12.8. The van der Waals surface area contributed by atoms with Crippen LogP contribution >= 0.6 is 0 Å². The van der Waals surface area contributed by atoms with Crippen LogP contribution in [0.25, 0.3) is 0 Å². The molecule has 0 bridgehead atoms. The number of hydrogen-bond acceptors (Lipinski definition) is 5. The summed E-state index contributed by atoms with van der Waals surface area (Å²) in [6.45, 7) is 5.02. The van der Waals surface area contributed by atoms with Crippen molar-refractivity contribution in [3.05, 3.63) is 58.4 Å². The van der Waals surface area contributed by atoms with Crippen molar-refractivity contribution in [1.29, 1.82) is 0 Å². The first-order valence-electron chi connectivity index (χ1n) is 8.41. The molecule has 0 unspecified atom stereocenters. The van der Waals surface area contributed by atoms with Crippen LogP contribution in [-0.2, 0) is 9.53 Å². The van der Waals surface area contributed by atoms with Crippen molar-refractivity contribution in [1.82, 2.24) is 15.6 Å². The standard InChI is InChI=1S/C19H23N3O5/c1-10-14(12(3)23)11(2)21-15(10)18(25)27-16(13-8-6-5-7-9-13)17(24)22-19(26)20-4/h5-9,12,16,21,23H,1-4H3,(H2,20,22,24,26)/t12-,16+/m0/s1. The Morgan fingerprint density at radius 3 is 2.30 bits per heavy atom. The first kappa shape index (κ1) is 20.2. The van der Waals surface area contributed by atoms with Gasteiger partial charge in [0, 0.05) is 23.9 Å². The summed E-state index contributed by atoms with van der Waals surface area (Å²) in [6.07, 6.45) is -2.07. The van der Waals surface area contributed by atoms with Gasteiger partial charge in [-0.05, 0) is 26.3 Å². The second-order valence-electron chi connectivity index (χ2n) is 6.10. The van der Waals surface area contributed by atoms with Gasteiger partial charge in [-0.25, -0.2) is 9.59 Å². The third-order valence-corrected chi connectivity index (χ3v) is 4.15. The average molecular weight is 373 g/mol. The number of H-pyrrole nitrogens is 1. The molecule has 2 rings (SSSR count).